The maximum absolute atomic E-state index is 11.8. The molecule has 1 aliphatic rings. The first-order valence-electron chi connectivity index (χ1n) is 12.5. The number of hydrogen-bond donors (Lipinski definition) is 1. The number of fused-ring (bicyclic) bond motifs is 1. The Kier molecular flexibility index (Phi) is 8.56. The molecule has 0 bridgehead atoms. The molecule has 1 N–H and O–H groups in total. The molecule has 3 aromatic rings. The molecule has 1 heterocycles. The highest BCUT2D eigenvalue weighted by Gasteiger charge is 2.20. The van der Waals surface area contributed by atoms with Crippen LogP contribution in [-0.2, 0) is 4.74 Å². The van der Waals surface area contributed by atoms with Crippen LogP contribution in [0.5, 0.6) is 5.75 Å². The number of benzene rings is 3. The van der Waals surface area contributed by atoms with Gasteiger partial charge in [-0.25, -0.2) is 4.79 Å². The van der Waals surface area contributed by atoms with Crippen molar-refractivity contribution in [1.29, 1.82) is 0 Å². The fourth-order valence-corrected chi connectivity index (χ4v) is 4.60. The first-order chi connectivity index (χ1) is 17.0. The van der Waals surface area contributed by atoms with Crippen LogP contribution in [0.1, 0.15) is 42.6 Å². The molecule has 184 valence electrons. The van der Waals surface area contributed by atoms with Gasteiger partial charge < -0.3 is 19.7 Å². The number of rotatable bonds is 9. The van der Waals surface area contributed by atoms with Gasteiger partial charge in [-0.1, -0.05) is 54.6 Å². The first-order valence-corrected chi connectivity index (χ1v) is 12.5. The van der Waals surface area contributed by atoms with Crippen LogP contribution < -0.4 is 10.1 Å². The molecule has 5 heteroatoms. The van der Waals surface area contributed by atoms with Gasteiger partial charge >= 0.3 is 5.97 Å². The van der Waals surface area contributed by atoms with Crippen molar-refractivity contribution in [3.63, 3.8) is 0 Å². The van der Waals surface area contributed by atoms with Gasteiger partial charge in [0.05, 0.1) is 12.7 Å². The van der Waals surface area contributed by atoms with Gasteiger partial charge in [0, 0.05) is 24.0 Å². The predicted octanol–water partition coefficient (Wildman–Crippen LogP) is 5.55. The number of carbonyl (C=O) groups excluding carboxylic acids is 1. The van der Waals surface area contributed by atoms with E-state index in [1.807, 2.05) is 36.4 Å². The molecule has 0 spiro atoms. The molecule has 4 rings (SSSR count). The summed E-state index contributed by atoms with van der Waals surface area (Å²) >= 11 is 0. The molecule has 0 atom stereocenters. The van der Waals surface area contributed by atoms with Crippen LogP contribution in [0.25, 0.3) is 16.8 Å². The van der Waals surface area contributed by atoms with E-state index in [0.717, 1.165) is 54.7 Å². The van der Waals surface area contributed by atoms with Gasteiger partial charge in [-0.2, -0.15) is 0 Å². The van der Waals surface area contributed by atoms with Gasteiger partial charge in [-0.3, -0.25) is 0 Å². The van der Waals surface area contributed by atoms with Crippen LogP contribution in [0.4, 0.5) is 0 Å². The minimum absolute atomic E-state index is 0.325. The van der Waals surface area contributed by atoms with E-state index >= 15 is 0 Å². The second-order valence-corrected chi connectivity index (χ2v) is 9.47. The number of nitrogens with one attached hydrogen (secondary N) is 1. The molecule has 35 heavy (non-hydrogen) atoms. The van der Waals surface area contributed by atoms with Gasteiger partial charge in [-0.05, 0) is 74.5 Å². The minimum atomic E-state index is -0.325. The van der Waals surface area contributed by atoms with Crippen molar-refractivity contribution in [2.24, 2.45) is 0 Å². The van der Waals surface area contributed by atoms with Gasteiger partial charge in [-0.15, -0.1) is 0 Å². The van der Waals surface area contributed by atoms with Crippen LogP contribution in [0.3, 0.4) is 0 Å². The monoisotopic (exact) mass is 472 g/mol. The molecule has 1 fully saturated rings. The molecule has 1 aliphatic heterocycles. The van der Waals surface area contributed by atoms with E-state index in [-0.39, 0.29) is 5.97 Å². The average Bonchev–Trinajstić information content (AvgIpc) is 2.90. The fraction of sp³-hybridized carbons (Fsp3) is 0.367. The molecule has 0 aliphatic carbocycles. The number of esters is 1. The normalized spacial score (nSPS) is 15.5. The highest BCUT2D eigenvalue weighted by Crippen LogP contribution is 2.26. The minimum Gasteiger partial charge on any atom is -0.489 e. The zero-order valence-electron chi connectivity index (χ0n) is 21.0. The molecular formula is C30H36N2O3. The third-order valence-corrected chi connectivity index (χ3v) is 6.74. The second kappa shape index (κ2) is 12.0. The predicted molar refractivity (Wildman–Crippen MR) is 143 cm³/mol. The standard InChI is InChI=1S/C30H36N2O3/c1-22(2)32-17-15-27(16-18-32)31-20-24(19-23-11-13-26(14-12-23)30(33)34-3)21-35-29-10-6-8-25-7-4-5-9-28(25)29/h4-14,19,22,27,31H,15-18,20-21H2,1-3H3. The lowest BCUT2D eigenvalue weighted by atomic mass is 10.0. The summed E-state index contributed by atoms with van der Waals surface area (Å²) in [5, 5.41) is 6.05. The molecule has 3 aromatic carbocycles. The lowest BCUT2D eigenvalue weighted by molar-refractivity contribution is 0.0600. The summed E-state index contributed by atoms with van der Waals surface area (Å²) in [4.78, 5) is 14.3. The highest BCUT2D eigenvalue weighted by atomic mass is 16.5. The number of methoxy groups -OCH3 is 1. The Bertz CT molecular complexity index is 1140. The number of ether oxygens (including phenoxy) is 2. The van der Waals surface area contributed by atoms with Crippen LogP contribution >= 0.6 is 0 Å². The van der Waals surface area contributed by atoms with Crippen molar-refractivity contribution in [2.75, 3.05) is 33.4 Å². The van der Waals surface area contributed by atoms with Crippen molar-refractivity contribution in [2.45, 2.75) is 38.8 Å². The Morgan fingerprint density at radius 2 is 1.74 bits per heavy atom. The Balaban J connectivity index is 1.47. The molecule has 1 saturated heterocycles. The quantitative estimate of drug-likeness (QED) is 0.414. The van der Waals surface area contributed by atoms with E-state index in [1.54, 1.807) is 12.1 Å². The SMILES string of the molecule is COC(=O)c1ccc(C=C(CNC2CCN(C(C)C)CC2)COc2cccc3ccccc23)cc1. The van der Waals surface area contributed by atoms with E-state index in [0.29, 0.717) is 24.3 Å². The molecule has 0 unspecified atom stereocenters. The number of piperidine rings is 1. The molecule has 0 aromatic heterocycles. The Hall–Kier alpha value is -3.15. The largest absolute Gasteiger partial charge is 0.489 e. The lowest BCUT2D eigenvalue weighted by Gasteiger charge is -2.35. The molecular weight excluding hydrogens is 436 g/mol. The number of hydrogen-bond acceptors (Lipinski definition) is 5. The topological polar surface area (TPSA) is 50.8 Å². The van der Waals surface area contributed by atoms with Crippen molar-refractivity contribution >= 4 is 22.8 Å². The Labute approximate surface area is 208 Å². The van der Waals surface area contributed by atoms with Crippen LogP contribution in [0.2, 0.25) is 0 Å². The van der Waals surface area contributed by atoms with Crippen molar-refractivity contribution < 1.29 is 14.3 Å². The summed E-state index contributed by atoms with van der Waals surface area (Å²) in [5.41, 5.74) is 2.74. The molecule has 0 amide bonds. The number of carbonyl (C=O) groups is 1. The lowest BCUT2D eigenvalue weighted by Crippen LogP contribution is -2.45. The van der Waals surface area contributed by atoms with Crippen molar-refractivity contribution in [3.8, 4) is 5.75 Å². The van der Waals surface area contributed by atoms with Crippen LogP contribution in [-0.4, -0.2) is 56.3 Å². The summed E-state index contributed by atoms with van der Waals surface area (Å²) in [6.45, 7) is 8.06. The number of likely N-dealkylation sites (tertiary alicyclic amines) is 1. The highest BCUT2D eigenvalue weighted by molar-refractivity contribution is 5.89. The van der Waals surface area contributed by atoms with Crippen molar-refractivity contribution in [1.82, 2.24) is 10.2 Å². The van der Waals surface area contributed by atoms with E-state index in [2.05, 4.69) is 48.3 Å². The maximum Gasteiger partial charge on any atom is 0.337 e. The number of nitrogens with zero attached hydrogens (tertiary/aromatic N) is 1. The van der Waals surface area contributed by atoms with Crippen molar-refractivity contribution in [3.05, 3.63) is 83.4 Å². The summed E-state index contributed by atoms with van der Waals surface area (Å²) in [7, 11) is 1.40. The van der Waals surface area contributed by atoms with Gasteiger partial charge in [0.25, 0.3) is 0 Å². The van der Waals surface area contributed by atoms with E-state index < -0.39 is 0 Å². The van der Waals surface area contributed by atoms with Gasteiger partial charge in [0.2, 0.25) is 0 Å². The average molecular weight is 473 g/mol. The summed E-state index contributed by atoms with van der Waals surface area (Å²) in [5.74, 6) is 0.565. The van der Waals surface area contributed by atoms with E-state index in [9.17, 15) is 4.79 Å². The third kappa shape index (κ3) is 6.71. The third-order valence-electron chi connectivity index (χ3n) is 6.74. The van der Waals surface area contributed by atoms with Gasteiger partial charge in [0.1, 0.15) is 12.4 Å². The summed E-state index contributed by atoms with van der Waals surface area (Å²) < 4.78 is 11.2. The Morgan fingerprint density at radius 3 is 2.46 bits per heavy atom. The molecule has 0 radical (unpaired) electrons. The van der Waals surface area contributed by atoms with E-state index in [1.165, 1.54) is 12.5 Å². The van der Waals surface area contributed by atoms with E-state index in [4.69, 9.17) is 9.47 Å². The summed E-state index contributed by atoms with van der Waals surface area (Å²) in [6.07, 6.45) is 4.47. The Morgan fingerprint density at radius 1 is 1.03 bits per heavy atom. The van der Waals surface area contributed by atoms with Gasteiger partial charge in [0.15, 0.2) is 0 Å². The zero-order chi connectivity index (χ0) is 24.6. The first kappa shape index (κ1) is 25.0. The smallest absolute Gasteiger partial charge is 0.337 e. The fourth-order valence-electron chi connectivity index (χ4n) is 4.60. The zero-order valence-corrected chi connectivity index (χ0v) is 21.0. The molecule has 5 nitrogen and oxygen atoms in total. The summed E-state index contributed by atoms with van der Waals surface area (Å²) in [6, 6.07) is 23.1. The maximum atomic E-state index is 11.8. The molecule has 0 saturated carbocycles. The van der Waals surface area contributed by atoms with Crippen LogP contribution in [0, 0.1) is 0 Å². The second-order valence-electron chi connectivity index (χ2n) is 9.47. The van der Waals surface area contributed by atoms with Crippen LogP contribution in [0.15, 0.2) is 72.3 Å².